The van der Waals surface area contributed by atoms with E-state index in [4.69, 9.17) is 9.84 Å². The van der Waals surface area contributed by atoms with Crippen molar-refractivity contribution in [2.45, 2.75) is 32.7 Å². The van der Waals surface area contributed by atoms with Crippen LogP contribution in [-0.2, 0) is 14.3 Å². The fourth-order valence-corrected chi connectivity index (χ4v) is 1.59. The minimum Gasteiger partial charge on any atom is -0.480 e. The van der Waals surface area contributed by atoms with E-state index < -0.39 is 5.97 Å². The van der Waals surface area contributed by atoms with Gasteiger partial charge in [0.05, 0.1) is 19.7 Å². The Labute approximate surface area is 108 Å². The summed E-state index contributed by atoms with van der Waals surface area (Å²) >= 11 is 0. The summed E-state index contributed by atoms with van der Waals surface area (Å²) in [5, 5.41) is 11.6. The standard InChI is InChI=1S/C12H24N2O4/c1-4-10(5-2)13-11(15)8-14(6-7-18-3)9-12(16)17/h10H,4-9H2,1-3H3,(H,13,15)(H,16,17). The van der Waals surface area contributed by atoms with E-state index in [9.17, 15) is 9.59 Å². The molecule has 18 heavy (non-hydrogen) atoms. The number of carbonyl (C=O) groups is 2. The van der Waals surface area contributed by atoms with Gasteiger partial charge in [-0.1, -0.05) is 13.8 Å². The highest BCUT2D eigenvalue weighted by atomic mass is 16.5. The van der Waals surface area contributed by atoms with Crippen LogP contribution in [0.25, 0.3) is 0 Å². The highest BCUT2D eigenvalue weighted by Gasteiger charge is 2.15. The number of nitrogens with zero attached hydrogens (tertiary/aromatic N) is 1. The number of nitrogens with one attached hydrogen (secondary N) is 1. The molecule has 0 atom stereocenters. The average Bonchev–Trinajstić information content (AvgIpc) is 2.32. The summed E-state index contributed by atoms with van der Waals surface area (Å²) in [5.74, 6) is -1.08. The van der Waals surface area contributed by atoms with Crippen LogP contribution in [0.5, 0.6) is 0 Å². The number of hydrogen-bond donors (Lipinski definition) is 2. The van der Waals surface area contributed by atoms with Crippen molar-refractivity contribution in [3.8, 4) is 0 Å². The number of carbonyl (C=O) groups excluding carboxylic acids is 1. The Hall–Kier alpha value is -1.14. The lowest BCUT2D eigenvalue weighted by Gasteiger charge is -2.21. The van der Waals surface area contributed by atoms with Gasteiger partial charge in [0, 0.05) is 19.7 Å². The van der Waals surface area contributed by atoms with Crippen molar-refractivity contribution in [3.05, 3.63) is 0 Å². The van der Waals surface area contributed by atoms with Crippen LogP contribution >= 0.6 is 0 Å². The van der Waals surface area contributed by atoms with Gasteiger partial charge in [-0.3, -0.25) is 14.5 Å². The Bertz CT molecular complexity index is 254. The lowest BCUT2D eigenvalue weighted by atomic mass is 10.2. The Morgan fingerprint density at radius 3 is 2.33 bits per heavy atom. The lowest BCUT2D eigenvalue weighted by Crippen LogP contribution is -2.44. The van der Waals surface area contributed by atoms with Gasteiger partial charge >= 0.3 is 5.97 Å². The molecule has 0 aliphatic heterocycles. The first-order chi connectivity index (χ1) is 8.53. The molecular weight excluding hydrogens is 236 g/mol. The van der Waals surface area contributed by atoms with Crippen molar-refractivity contribution in [2.75, 3.05) is 33.4 Å². The highest BCUT2D eigenvalue weighted by Crippen LogP contribution is 1.97. The first-order valence-corrected chi connectivity index (χ1v) is 6.25. The maximum Gasteiger partial charge on any atom is 0.317 e. The van der Waals surface area contributed by atoms with Gasteiger partial charge in [-0.2, -0.15) is 0 Å². The minimum absolute atomic E-state index is 0.0894. The number of rotatable bonds is 10. The van der Waals surface area contributed by atoms with Crippen molar-refractivity contribution >= 4 is 11.9 Å². The van der Waals surface area contributed by atoms with Crippen molar-refractivity contribution < 1.29 is 19.4 Å². The predicted molar refractivity (Wildman–Crippen MR) is 68.5 cm³/mol. The maximum atomic E-state index is 11.7. The molecule has 0 saturated heterocycles. The number of methoxy groups -OCH3 is 1. The molecule has 0 aliphatic carbocycles. The van der Waals surface area contributed by atoms with Crippen LogP contribution in [0.4, 0.5) is 0 Å². The van der Waals surface area contributed by atoms with Crippen molar-refractivity contribution in [1.82, 2.24) is 10.2 Å². The van der Waals surface area contributed by atoms with Crippen molar-refractivity contribution in [3.63, 3.8) is 0 Å². The van der Waals surface area contributed by atoms with Crippen LogP contribution in [-0.4, -0.2) is 61.3 Å². The Kier molecular flexibility index (Phi) is 9.22. The van der Waals surface area contributed by atoms with Crippen LogP contribution in [0, 0.1) is 0 Å². The number of hydrogen-bond acceptors (Lipinski definition) is 4. The third-order valence-electron chi connectivity index (χ3n) is 2.69. The van der Waals surface area contributed by atoms with E-state index in [1.807, 2.05) is 13.8 Å². The molecule has 2 N–H and O–H groups in total. The fourth-order valence-electron chi connectivity index (χ4n) is 1.59. The van der Waals surface area contributed by atoms with Gasteiger partial charge in [-0.05, 0) is 12.8 Å². The van der Waals surface area contributed by atoms with Crippen molar-refractivity contribution in [2.24, 2.45) is 0 Å². The van der Waals surface area contributed by atoms with Gasteiger partial charge < -0.3 is 15.2 Å². The largest absolute Gasteiger partial charge is 0.480 e. The third kappa shape index (κ3) is 8.03. The molecule has 6 nitrogen and oxygen atoms in total. The molecule has 0 aromatic rings. The summed E-state index contributed by atoms with van der Waals surface area (Å²) in [4.78, 5) is 24.0. The van der Waals surface area contributed by atoms with E-state index in [0.717, 1.165) is 12.8 Å². The Morgan fingerprint density at radius 2 is 1.89 bits per heavy atom. The van der Waals surface area contributed by atoms with Gasteiger partial charge in [0.15, 0.2) is 0 Å². The van der Waals surface area contributed by atoms with Gasteiger partial charge in [-0.25, -0.2) is 0 Å². The SMILES string of the molecule is CCC(CC)NC(=O)CN(CCOC)CC(=O)O. The van der Waals surface area contributed by atoms with Crippen molar-refractivity contribution in [1.29, 1.82) is 0 Å². The maximum absolute atomic E-state index is 11.7. The zero-order valence-corrected chi connectivity index (χ0v) is 11.4. The summed E-state index contributed by atoms with van der Waals surface area (Å²) < 4.78 is 4.89. The quantitative estimate of drug-likeness (QED) is 0.591. The molecule has 0 fully saturated rings. The molecular formula is C12H24N2O4. The topological polar surface area (TPSA) is 78.9 Å². The number of carboxylic acids is 1. The zero-order chi connectivity index (χ0) is 14.0. The third-order valence-corrected chi connectivity index (χ3v) is 2.69. The first-order valence-electron chi connectivity index (χ1n) is 6.25. The molecule has 6 heteroatoms. The molecule has 0 rings (SSSR count). The number of aliphatic carboxylic acids is 1. The minimum atomic E-state index is -0.943. The highest BCUT2D eigenvalue weighted by molar-refractivity contribution is 5.79. The van der Waals surface area contributed by atoms with Gasteiger partial charge in [0.25, 0.3) is 0 Å². The molecule has 0 unspecified atom stereocenters. The Morgan fingerprint density at radius 1 is 1.28 bits per heavy atom. The summed E-state index contributed by atoms with van der Waals surface area (Å²) in [6.07, 6.45) is 1.75. The second-order valence-electron chi connectivity index (χ2n) is 4.18. The smallest absolute Gasteiger partial charge is 0.317 e. The van der Waals surface area contributed by atoms with E-state index in [2.05, 4.69) is 5.32 Å². The number of amides is 1. The molecule has 0 aromatic heterocycles. The van der Waals surface area contributed by atoms with Gasteiger partial charge in [0.1, 0.15) is 0 Å². The molecule has 0 spiro atoms. The second-order valence-corrected chi connectivity index (χ2v) is 4.18. The van der Waals surface area contributed by atoms with E-state index in [0.29, 0.717) is 13.2 Å². The van der Waals surface area contributed by atoms with Gasteiger partial charge in [-0.15, -0.1) is 0 Å². The normalized spacial score (nSPS) is 10.9. The van der Waals surface area contributed by atoms with E-state index in [1.54, 1.807) is 12.0 Å². The van der Waals surface area contributed by atoms with Crippen LogP contribution in [0.2, 0.25) is 0 Å². The molecule has 0 aromatic carbocycles. The summed E-state index contributed by atoms with van der Waals surface area (Å²) in [6, 6.07) is 0.159. The van der Waals surface area contributed by atoms with E-state index in [1.165, 1.54) is 0 Å². The lowest BCUT2D eigenvalue weighted by molar-refractivity contribution is -0.138. The predicted octanol–water partition coefficient (Wildman–Crippen LogP) is 0.324. The van der Waals surface area contributed by atoms with Gasteiger partial charge in [0.2, 0.25) is 5.91 Å². The molecule has 0 saturated carbocycles. The average molecular weight is 260 g/mol. The monoisotopic (exact) mass is 260 g/mol. The fraction of sp³-hybridized carbons (Fsp3) is 0.833. The number of carboxylic acid groups (broad SMARTS) is 1. The van der Waals surface area contributed by atoms with E-state index >= 15 is 0 Å². The summed E-state index contributed by atoms with van der Waals surface area (Å²) in [6.45, 7) is 4.79. The molecule has 1 amide bonds. The van der Waals surface area contributed by atoms with Crippen LogP contribution in [0.1, 0.15) is 26.7 Å². The summed E-state index contributed by atoms with van der Waals surface area (Å²) in [7, 11) is 1.54. The van der Waals surface area contributed by atoms with Crippen LogP contribution < -0.4 is 5.32 Å². The molecule has 0 heterocycles. The molecule has 0 bridgehead atoms. The van der Waals surface area contributed by atoms with Crippen LogP contribution in [0.15, 0.2) is 0 Å². The van der Waals surface area contributed by atoms with Crippen LogP contribution in [0.3, 0.4) is 0 Å². The first kappa shape index (κ1) is 16.9. The Balaban J connectivity index is 4.19. The molecule has 0 aliphatic rings. The molecule has 0 radical (unpaired) electrons. The zero-order valence-electron chi connectivity index (χ0n) is 11.4. The number of ether oxygens (including phenoxy) is 1. The van der Waals surface area contributed by atoms with E-state index in [-0.39, 0.29) is 25.0 Å². The summed E-state index contributed by atoms with van der Waals surface area (Å²) in [5.41, 5.74) is 0. The molecule has 106 valence electrons. The second kappa shape index (κ2) is 9.85.